The van der Waals surface area contributed by atoms with E-state index in [1.807, 2.05) is 0 Å². The fourth-order valence-electron chi connectivity index (χ4n) is 3.59. The highest BCUT2D eigenvalue weighted by Crippen LogP contribution is 2.31. The molecule has 0 N–H and O–H groups in total. The van der Waals surface area contributed by atoms with Crippen molar-refractivity contribution in [3.63, 3.8) is 0 Å². The molecule has 0 aromatic heterocycles. The first-order valence-electron chi connectivity index (χ1n) is 8.03. The smallest absolute Gasteiger partial charge is 0.0595 e. The van der Waals surface area contributed by atoms with Crippen LogP contribution in [-0.2, 0) is 12.8 Å². The Labute approximate surface area is 154 Å². The first kappa shape index (κ1) is 18.5. The zero-order chi connectivity index (χ0) is 14.8. The summed E-state index contributed by atoms with van der Waals surface area (Å²) >= 11 is 12.3. The van der Waals surface area contributed by atoms with Gasteiger partial charge >= 0.3 is 0 Å². The maximum Gasteiger partial charge on any atom is 0.0595 e. The van der Waals surface area contributed by atoms with E-state index in [0.717, 1.165) is 12.8 Å². The molecule has 0 spiro atoms. The quantitative estimate of drug-likeness (QED) is 0.726. The molecule has 1 atom stereocenters. The molecule has 1 aliphatic carbocycles. The van der Waals surface area contributed by atoms with Gasteiger partial charge in [0, 0.05) is 19.1 Å². The molecule has 1 aromatic carbocycles. The molecule has 5 heteroatoms. The molecule has 0 bridgehead atoms. The van der Waals surface area contributed by atoms with Gasteiger partial charge in [-0.25, -0.2) is 0 Å². The molecular weight excluding hydrogens is 383 g/mol. The topological polar surface area (TPSA) is 6.48 Å². The number of hydrogen-bond acceptors (Lipinski definition) is 2. The minimum absolute atomic E-state index is 0. The summed E-state index contributed by atoms with van der Waals surface area (Å²) in [5.41, 5.74) is 2.77. The predicted molar refractivity (Wildman–Crippen MR) is 101 cm³/mol. The number of likely N-dealkylation sites (N-methyl/N-ethyl adjacent to an activating group) is 1. The van der Waals surface area contributed by atoms with Crippen LogP contribution in [-0.4, -0.2) is 49.1 Å². The van der Waals surface area contributed by atoms with Gasteiger partial charge in [0.15, 0.2) is 0 Å². The monoisotopic (exact) mass is 406 g/mol. The summed E-state index contributed by atoms with van der Waals surface area (Å²) in [6.45, 7) is 4.95. The van der Waals surface area contributed by atoms with E-state index in [2.05, 4.69) is 29.0 Å². The lowest BCUT2D eigenvalue weighted by Crippen LogP contribution is -2.40. The van der Waals surface area contributed by atoms with Crippen LogP contribution in [0.15, 0.2) is 12.1 Å². The largest absolute Gasteiger partial charge is 0.302 e. The Bertz CT molecular complexity index is 504. The molecule has 1 saturated heterocycles. The fraction of sp³-hybridized carbons (Fsp3) is 0.647. The maximum atomic E-state index is 6.17. The minimum atomic E-state index is 0. The van der Waals surface area contributed by atoms with E-state index in [1.54, 1.807) is 0 Å². The van der Waals surface area contributed by atoms with Gasteiger partial charge < -0.3 is 9.80 Å². The van der Waals surface area contributed by atoms with Gasteiger partial charge in [-0.1, -0.05) is 23.2 Å². The summed E-state index contributed by atoms with van der Waals surface area (Å²) in [5.74, 6) is 0. The van der Waals surface area contributed by atoms with Crippen LogP contribution < -0.4 is 0 Å². The summed E-state index contributed by atoms with van der Waals surface area (Å²) in [6.07, 6.45) is 6.19. The molecule has 1 unspecified atom stereocenters. The Morgan fingerprint density at radius 3 is 2.45 bits per heavy atom. The van der Waals surface area contributed by atoms with Gasteiger partial charge in [-0.2, -0.15) is 0 Å². The molecule has 22 heavy (non-hydrogen) atoms. The van der Waals surface area contributed by atoms with Gasteiger partial charge in [-0.3, -0.25) is 0 Å². The molecule has 1 aliphatic heterocycles. The van der Waals surface area contributed by atoms with Crippen LogP contribution in [0.4, 0.5) is 0 Å². The van der Waals surface area contributed by atoms with Crippen molar-refractivity contribution in [3.05, 3.63) is 33.3 Å². The van der Waals surface area contributed by atoms with Crippen molar-refractivity contribution in [2.24, 2.45) is 0 Å². The third-order valence-corrected chi connectivity index (χ3v) is 5.76. The Morgan fingerprint density at radius 2 is 1.77 bits per heavy atom. The van der Waals surface area contributed by atoms with Gasteiger partial charge in [0.1, 0.15) is 0 Å². The highest BCUT2D eigenvalue weighted by atomic mass is 79.9. The number of halogens is 3. The van der Waals surface area contributed by atoms with E-state index in [4.69, 9.17) is 23.2 Å². The van der Waals surface area contributed by atoms with Crippen LogP contribution in [0.25, 0.3) is 0 Å². The third kappa shape index (κ3) is 4.39. The van der Waals surface area contributed by atoms with Crippen molar-refractivity contribution in [1.29, 1.82) is 0 Å². The van der Waals surface area contributed by atoms with Crippen molar-refractivity contribution in [2.45, 2.75) is 38.1 Å². The van der Waals surface area contributed by atoms with E-state index >= 15 is 0 Å². The normalized spacial score (nSPS) is 21.7. The van der Waals surface area contributed by atoms with E-state index in [0.29, 0.717) is 16.1 Å². The standard InChI is InChI=1S/C17H24Cl2N2.BrH/c1-20(8-9-21-6-2-3-7-21)15-5-4-13-11-16(18)17(19)12-14(13)10-15;/h11-12,15H,2-10H2,1H3;1H. The molecule has 124 valence electrons. The zero-order valence-corrected chi connectivity index (χ0v) is 16.4. The number of benzene rings is 1. The van der Waals surface area contributed by atoms with Crippen molar-refractivity contribution in [2.75, 3.05) is 33.2 Å². The summed E-state index contributed by atoms with van der Waals surface area (Å²) < 4.78 is 0. The number of hydrogen-bond donors (Lipinski definition) is 0. The van der Waals surface area contributed by atoms with Gasteiger partial charge in [-0.05, 0) is 75.5 Å². The highest BCUT2D eigenvalue weighted by Gasteiger charge is 2.23. The van der Waals surface area contributed by atoms with Crippen molar-refractivity contribution in [3.8, 4) is 0 Å². The summed E-state index contributed by atoms with van der Waals surface area (Å²) in [7, 11) is 2.27. The Hall–Kier alpha value is 0.200. The lowest BCUT2D eigenvalue weighted by atomic mass is 9.87. The lowest BCUT2D eigenvalue weighted by Gasteiger charge is -2.33. The van der Waals surface area contributed by atoms with Crippen LogP contribution >= 0.6 is 40.2 Å². The molecule has 2 aliphatic rings. The predicted octanol–water partition coefficient (Wildman–Crippen LogP) is 4.46. The van der Waals surface area contributed by atoms with Gasteiger partial charge in [0.2, 0.25) is 0 Å². The second-order valence-electron chi connectivity index (χ2n) is 6.46. The molecular formula is C17H25BrCl2N2. The van der Waals surface area contributed by atoms with Crippen LogP contribution in [0.1, 0.15) is 30.4 Å². The summed E-state index contributed by atoms with van der Waals surface area (Å²) in [6, 6.07) is 4.76. The van der Waals surface area contributed by atoms with Crippen LogP contribution in [0.5, 0.6) is 0 Å². The SMILES string of the molecule is Br.CN(CCN1CCCC1)C1CCc2cc(Cl)c(Cl)cc2C1. The number of rotatable bonds is 4. The molecule has 1 fully saturated rings. The van der Waals surface area contributed by atoms with Crippen LogP contribution in [0.3, 0.4) is 0 Å². The second-order valence-corrected chi connectivity index (χ2v) is 7.28. The van der Waals surface area contributed by atoms with E-state index in [-0.39, 0.29) is 17.0 Å². The number of fused-ring (bicyclic) bond motifs is 1. The molecule has 3 rings (SSSR count). The molecule has 1 heterocycles. The molecule has 0 radical (unpaired) electrons. The molecule has 0 saturated carbocycles. The third-order valence-electron chi connectivity index (χ3n) is 5.04. The molecule has 1 aromatic rings. The number of likely N-dealkylation sites (tertiary alicyclic amines) is 1. The van der Waals surface area contributed by atoms with Crippen LogP contribution in [0, 0.1) is 0 Å². The summed E-state index contributed by atoms with van der Waals surface area (Å²) in [4.78, 5) is 5.12. The number of aryl methyl sites for hydroxylation is 1. The van der Waals surface area contributed by atoms with Crippen molar-refractivity contribution >= 4 is 40.2 Å². The first-order valence-corrected chi connectivity index (χ1v) is 8.78. The Balaban J connectivity index is 0.00000176. The van der Waals surface area contributed by atoms with Crippen molar-refractivity contribution < 1.29 is 0 Å². The van der Waals surface area contributed by atoms with Crippen molar-refractivity contribution in [1.82, 2.24) is 9.80 Å². The zero-order valence-electron chi connectivity index (χ0n) is 13.2. The second kappa shape index (κ2) is 8.34. The average Bonchev–Trinajstić information content (AvgIpc) is 2.99. The van der Waals surface area contributed by atoms with Crippen LogP contribution in [0.2, 0.25) is 10.0 Å². The fourth-order valence-corrected chi connectivity index (χ4v) is 3.97. The van der Waals surface area contributed by atoms with Gasteiger partial charge in [-0.15, -0.1) is 17.0 Å². The molecule has 2 nitrogen and oxygen atoms in total. The average molecular weight is 408 g/mol. The van der Waals surface area contributed by atoms with E-state index in [1.165, 1.54) is 56.6 Å². The Kier molecular flexibility index (Phi) is 7.03. The maximum absolute atomic E-state index is 6.17. The first-order chi connectivity index (χ1) is 10.1. The minimum Gasteiger partial charge on any atom is -0.302 e. The Morgan fingerprint density at radius 1 is 1.14 bits per heavy atom. The number of nitrogens with zero attached hydrogens (tertiary/aromatic N) is 2. The van der Waals surface area contributed by atoms with Gasteiger partial charge in [0.25, 0.3) is 0 Å². The van der Waals surface area contributed by atoms with E-state index in [9.17, 15) is 0 Å². The van der Waals surface area contributed by atoms with E-state index < -0.39 is 0 Å². The van der Waals surface area contributed by atoms with Gasteiger partial charge in [0.05, 0.1) is 10.0 Å². The lowest BCUT2D eigenvalue weighted by molar-refractivity contribution is 0.191. The molecule has 0 amide bonds. The summed E-state index contributed by atoms with van der Waals surface area (Å²) in [5, 5.41) is 1.38. The highest BCUT2D eigenvalue weighted by molar-refractivity contribution is 8.93.